The van der Waals surface area contributed by atoms with Crippen LogP contribution in [0.2, 0.25) is 0 Å². The Morgan fingerprint density at radius 3 is 2.58 bits per heavy atom. The first-order chi connectivity index (χ1) is 11.4. The number of carbonyl (C=O) groups excluding carboxylic acids is 1. The number of hydrogen-bond donors (Lipinski definition) is 2. The van der Waals surface area contributed by atoms with Crippen LogP contribution < -0.4 is 10.2 Å². The van der Waals surface area contributed by atoms with Gasteiger partial charge in [0.05, 0.1) is 12.1 Å². The number of rotatable bonds is 7. The monoisotopic (exact) mass is 346 g/mol. The first-order valence-electron chi connectivity index (χ1n) is 7.92. The van der Waals surface area contributed by atoms with Crippen LogP contribution in [0.3, 0.4) is 0 Å². The molecule has 0 saturated carbocycles. The number of aryl methyl sites for hydroxylation is 2. The van der Waals surface area contributed by atoms with Gasteiger partial charge in [0.25, 0.3) is 0 Å². The standard InChI is InChI=1S/C18H22N2O3S/c1-4-14-10-15(18(22)23)17(24-14)19-16(21)11-20(5-2)13-8-6-7-12(3)9-13/h6-10H,4-5,11H2,1-3H3,(H,19,21)(H,22,23). The lowest BCUT2D eigenvalue weighted by Crippen LogP contribution is -2.33. The number of aromatic carboxylic acids is 1. The number of nitrogens with zero attached hydrogens (tertiary/aromatic N) is 1. The lowest BCUT2D eigenvalue weighted by Gasteiger charge is -2.22. The van der Waals surface area contributed by atoms with E-state index in [-0.39, 0.29) is 18.0 Å². The highest BCUT2D eigenvalue weighted by Gasteiger charge is 2.18. The lowest BCUT2D eigenvalue weighted by molar-refractivity contribution is -0.114. The molecule has 0 unspecified atom stereocenters. The van der Waals surface area contributed by atoms with Gasteiger partial charge in [-0.2, -0.15) is 0 Å². The van der Waals surface area contributed by atoms with Crippen molar-refractivity contribution in [1.82, 2.24) is 0 Å². The van der Waals surface area contributed by atoms with Gasteiger partial charge < -0.3 is 15.3 Å². The molecular formula is C18H22N2O3S. The van der Waals surface area contributed by atoms with Gasteiger partial charge >= 0.3 is 5.97 Å². The van der Waals surface area contributed by atoms with Gasteiger partial charge in [-0.3, -0.25) is 4.79 Å². The van der Waals surface area contributed by atoms with Gasteiger partial charge in [0.2, 0.25) is 5.91 Å². The largest absolute Gasteiger partial charge is 0.478 e. The first-order valence-corrected chi connectivity index (χ1v) is 8.73. The van der Waals surface area contributed by atoms with E-state index in [1.807, 2.05) is 49.9 Å². The molecule has 0 fully saturated rings. The van der Waals surface area contributed by atoms with Gasteiger partial charge in [-0.15, -0.1) is 11.3 Å². The van der Waals surface area contributed by atoms with Gasteiger partial charge in [0.1, 0.15) is 5.00 Å². The maximum Gasteiger partial charge on any atom is 0.338 e. The Morgan fingerprint density at radius 2 is 2.00 bits per heavy atom. The van der Waals surface area contributed by atoms with E-state index < -0.39 is 5.97 Å². The molecule has 2 rings (SSSR count). The van der Waals surface area contributed by atoms with E-state index in [2.05, 4.69) is 5.32 Å². The van der Waals surface area contributed by atoms with E-state index in [1.165, 1.54) is 11.3 Å². The molecule has 0 atom stereocenters. The summed E-state index contributed by atoms with van der Waals surface area (Å²) in [7, 11) is 0. The molecule has 5 nitrogen and oxygen atoms in total. The third-order valence-corrected chi connectivity index (χ3v) is 4.89. The Balaban J connectivity index is 2.12. The minimum absolute atomic E-state index is 0.156. The molecule has 1 aromatic carbocycles. The maximum atomic E-state index is 12.4. The summed E-state index contributed by atoms with van der Waals surface area (Å²) in [6.45, 7) is 6.82. The third kappa shape index (κ3) is 4.35. The molecule has 0 saturated heterocycles. The normalized spacial score (nSPS) is 10.5. The Hall–Kier alpha value is -2.34. The van der Waals surface area contributed by atoms with Crippen molar-refractivity contribution in [2.24, 2.45) is 0 Å². The second kappa shape index (κ2) is 7.97. The van der Waals surface area contributed by atoms with Crippen LogP contribution in [0.25, 0.3) is 0 Å². The van der Waals surface area contributed by atoms with Crippen LogP contribution in [0, 0.1) is 6.92 Å². The van der Waals surface area contributed by atoms with Gasteiger partial charge in [-0.05, 0) is 44.0 Å². The van der Waals surface area contributed by atoms with Crippen molar-refractivity contribution in [2.45, 2.75) is 27.2 Å². The van der Waals surface area contributed by atoms with Crippen molar-refractivity contribution in [3.63, 3.8) is 0 Å². The number of carboxylic acid groups (broad SMARTS) is 1. The second-order valence-electron chi connectivity index (χ2n) is 5.52. The zero-order valence-electron chi connectivity index (χ0n) is 14.1. The summed E-state index contributed by atoms with van der Waals surface area (Å²) < 4.78 is 0. The number of benzene rings is 1. The van der Waals surface area contributed by atoms with Crippen LogP contribution in [-0.2, 0) is 11.2 Å². The molecule has 2 N–H and O–H groups in total. The summed E-state index contributed by atoms with van der Waals surface area (Å²) in [5.41, 5.74) is 2.26. The number of nitrogens with one attached hydrogen (secondary N) is 1. The van der Waals surface area contributed by atoms with E-state index in [4.69, 9.17) is 0 Å². The maximum absolute atomic E-state index is 12.4. The quantitative estimate of drug-likeness (QED) is 0.800. The highest BCUT2D eigenvalue weighted by molar-refractivity contribution is 7.16. The highest BCUT2D eigenvalue weighted by Crippen LogP contribution is 2.28. The minimum Gasteiger partial charge on any atom is -0.478 e. The molecule has 6 heteroatoms. The van der Waals surface area contributed by atoms with Gasteiger partial charge in [0.15, 0.2) is 0 Å². The molecule has 0 aliphatic heterocycles. The predicted molar refractivity (Wildman–Crippen MR) is 98.4 cm³/mol. The SMILES string of the molecule is CCc1cc(C(=O)O)c(NC(=O)CN(CC)c2cccc(C)c2)s1. The summed E-state index contributed by atoms with van der Waals surface area (Å²) >= 11 is 1.32. The molecule has 1 heterocycles. The Morgan fingerprint density at radius 1 is 1.25 bits per heavy atom. The number of carboxylic acids is 1. The lowest BCUT2D eigenvalue weighted by atomic mass is 10.2. The van der Waals surface area contributed by atoms with Gasteiger partial charge in [0, 0.05) is 17.1 Å². The van der Waals surface area contributed by atoms with Crippen LogP contribution in [-0.4, -0.2) is 30.1 Å². The molecule has 0 bridgehead atoms. The van der Waals surface area contributed by atoms with Crippen LogP contribution in [0.4, 0.5) is 10.7 Å². The average Bonchev–Trinajstić information content (AvgIpc) is 2.95. The van der Waals surface area contributed by atoms with E-state index in [0.29, 0.717) is 11.5 Å². The molecular weight excluding hydrogens is 324 g/mol. The number of likely N-dealkylation sites (N-methyl/N-ethyl adjacent to an activating group) is 1. The summed E-state index contributed by atoms with van der Waals surface area (Å²) in [5, 5.41) is 12.4. The summed E-state index contributed by atoms with van der Waals surface area (Å²) in [6.07, 6.45) is 0.741. The van der Waals surface area contributed by atoms with Crippen LogP contribution in [0.1, 0.15) is 34.6 Å². The first kappa shape index (κ1) is 18.0. The number of carbonyl (C=O) groups is 2. The van der Waals surface area contributed by atoms with Crippen LogP contribution in [0.5, 0.6) is 0 Å². The Labute approximate surface area is 145 Å². The zero-order valence-corrected chi connectivity index (χ0v) is 14.9. The van der Waals surface area contributed by atoms with E-state index in [9.17, 15) is 14.7 Å². The number of amides is 1. The Kier molecular flexibility index (Phi) is 5.98. The summed E-state index contributed by atoms with van der Waals surface area (Å²) in [6, 6.07) is 9.59. The summed E-state index contributed by atoms with van der Waals surface area (Å²) in [4.78, 5) is 26.6. The topological polar surface area (TPSA) is 69.6 Å². The molecule has 0 spiro atoms. The highest BCUT2D eigenvalue weighted by atomic mass is 32.1. The molecule has 2 aromatic rings. The fourth-order valence-electron chi connectivity index (χ4n) is 2.42. The van der Waals surface area contributed by atoms with E-state index >= 15 is 0 Å². The van der Waals surface area contributed by atoms with Crippen LogP contribution >= 0.6 is 11.3 Å². The molecule has 0 radical (unpaired) electrons. The second-order valence-corrected chi connectivity index (χ2v) is 6.65. The van der Waals surface area contributed by atoms with Crippen molar-refractivity contribution < 1.29 is 14.7 Å². The van der Waals surface area contributed by atoms with Crippen molar-refractivity contribution in [2.75, 3.05) is 23.3 Å². The number of anilines is 2. The smallest absolute Gasteiger partial charge is 0.338 e. The molecule has 0 aliphatic carbocycles. The molecule has 24 heavy (non-hydrogen) atoms. The van der Waals surface area contributed by atoms with Crippen molar-refractivity contribution in [3.8, 4) is 0 Å². The van der Waals surface area contributed by atoms with E-state index in [0.717, 1.165) is 22.5 Å². The molecule has 1 amide bonds. The summed E-state index contributed by atoms with van der Waals surface area (Å²) in [5.74, 6) is -1.24. The van der Waals surface area contributed by atoms with E-state index in [1.54, 1.807) is 6.07 Å². The van der Waals surface area contributed by atoms with Crippen molar-refractivity contribution in [3.05, 3.63) is 46.3 Å². The molecule has 128 valence electrons. The average molecular weight is 346 g/mol. The van der Waals surface area contributed by atoms with Gasteiger partial charge in [-0.1, -0.05) is 19.1 Å². The Bertz CT molecular complexity index is 740. The van der Waals surface area contributed by atoms with Crippen molar-refractivity contribution in [1.29, 1.82) is 0 Å². The van der Waals surface area contributed by atoms with Gasteiger partial charge in [-0.25, -0.2) is 4.79 Å². The fraction of sp³-hybridized carbons (Fsp3) is 0.333. The minimum atomic E-state index is -1.02. The van der Waals surface area contributed by atoms with Crippen molar-refractivity contribution >= 4 is 33.9 Å². The zero-order chi connectivity index (χ0) is 17.7. The molecule has 1 aromatic heterocycles. The predicted octanol–water partition coefficient (Wildman–Crippen LogP) is 3.78. The van der Waals surface area contributed by atoms with Crippen LogP contribution in [0.15, 0.2) is 30.3 Å². The third-order valence-electron chi connectivity index (χ3n) is 3.70. The molecule has 0 aliphatic rings. The number of thiophene rings is 1. The fourth-order valence-corrected chi connectivity index (χ4v) is 3.42. The number of hydrogen-bond acceptors (Lipinski definition) is 4.